The van der Waals surface area contributed by atoms with Crippen molar-refractivity contribution in [2.45, 2.75) is 0 Å². The minimum atomic E-state index is -0.410. The number of benzene rings is 9. The maximum Gasteiger partial charge on any atom is 0.136 e. The largest absolute Gasteiger partial charge is 0.456 e. The molecule has 9 aromatic carbocycles. The fourth-order valence-corrected chi connectivity index (χ4v) is 7.23. The summed E-state index contributed by atoms with van der Waals surface area (Å²) in [7, 11) is 0. The first-order valence-electron chi connectivity index (χ1n) is 19.8. The van der Waals surface area contributed by atoms with Crippen LogP contribution in [0.25, 0.3) is 98.8 Å². The molecule has 0 unspecified atom stereocenters. The van der Waals surface area contributed by atoms with E-state index in [1.807, 2.05) is 133 Å². The molecule has 0 bridgehead atoms. The number of fused-ring (bicyclic) bond motifs is 6. The van der Waals surface area contributed by atoms with Crippen LogP contribution >= 0.6 is 0 Å². The van der Waals surface area contributed by atoms with Gasteiger partial charge in [-0.3, -0.25) is 0 Å². The Morgan fingerprint density at radius 1 is 0.388 bits per heavy atom. The molecule has 0 saturated carbocycles. The van der Waals surface area contributed by atoms with Gasteiger partial charge in [0.25, 0.3) is 0 Å². The summed E-state index contributed by atoms with van der Waals surface area (Å²) >= 11 is 0. The molecule has 0 radical (unpaired) electrons. The summed E-state index contributed by atoms with van der Waals surface area (Å²) in [6, 6.07) is 42.8. The summed E-state index contributed by atoms with van der Waals surface area (Å²) in [6.07, 6.45) is 0. The molecular weight excluding hydrogens is 593 g/mol. The second-order valence-corrected chi connectivity index (χ2v) is 12.3. The van der Waals surface area contributed by atoms with E-state index in [1.54, 1.807) is 0 Å². The van der Waals surface area contributed by atoms with Crippen LogP contribution < -0.4 is 0 Å². The molecule has 0 fully saturated rings. The zero-order valence-electron chi connectivity index (χ0n) is 33.2. The molecule has 0 spiro atoms. The molecule has 0 aliphatic heterocycles. The van der Waals surface area contributed by atoms with Gasteiger partial charge in [-0.15, -0.1) is 0 Å². The molecule has 0 N–H and O–H groups in total. The smallest absolute Gasteiger partial charge is 0.136 e. The lowest BCUT2D eigenvalue weighted by atomic mass is 9.83. The highest BCUT2D eigenvalue weighted by atomic mass is 16.3. The van der Waals surface area contributed by atoms with Crippen molar-refractivity contribution in [3.8, 4) is 44.5 Å². The van der Waals surface area contributed by atoms with E-state index in [0.717, 1.165) is 27.3 Å². The Morgan fingerprint density at radius 3 is 1.78 bits per heavy atom. The molecule has 1 nitrogen and oxygen atoms in total. The van der Waals surface area contributed by atoms with Gasteiger partial charge in [-0.05, 0) is 107 Å². The van der Waals surface area contributed by atoms with E-state index in [4.69, 9.17) is 7.16 Å². The molecular formula is C48H30O. The monoisotopic (exact) mass is 629 g/mol. The van der Waals surface area contributed by atoms with Crippen LogP contribution in [-0.4, -0.2) is 0 Å². The topological polar surface area (TPSA) is 13.1 Å². The molecule has 0 saturated heterocycles. The average Bonchev–Trinajstić information content (AvgIpc) is 3.60. The Kier molecular flexibility index (Phi) is 4.85. The molecule has 49 heavy (non-hydrogen) atoms. The molecule has 228 valence electrons. The van der Waals surface area contributed by atoms with Crippen molar-refractivity contribution in [3.05, 3.63) is 182 Å². The molecule has 1 heterocycles. The van der Waals surface area contributed by atoms with Gasteiger partial charge in [0.05, 0.1) is 9.60 Å². The second-order valence-electron chi connectivity index (χ2n) is 12.3. The first kappa shape index (κ1) is 21.4. The van der Waals surface area contributed by atoms with Crippen LogP contribution in [0.15, 0.2) is 186 Å². The lowest BCUT2D eigenvalue weighted by Crippen LogP contribution is -1.92. The fourth-order valence-electron chi connectivity index (χ4n) is 7.23. The van der Waals surface area contributed by atoms with Crippen molar-refractivity contribution in [3.63, 3.8) is 0 Å². The average molecular weight is 630 g/mol. The number of hydrogen-bond donors (Lipinski definition) is 0. The van der Waals surface area contributed by atoms with Crippen LogP contribution in [0.3, 0.4) is 0 Å². The quantitative estimate of drug-likeness (QED) is 0.177. The van der Waals surface area contributed by atoms with Crippen molar-refractivity contribution in [1.82, 2.24) is 0 Å². The summed E-state index contributed by atoms with van der Waals surface area (Å²) < 4.78 is 72.9. The lowest BCUT2D eigenvalue weighted by molar-refractivity contribution is 0.669. The number of hydrogen-bond acceptors (Lipinski definition) is 1. The van der Waals surface area contributed by atoms with Crippen LogP contribution in [-0.2, 0) is 0 Å². The predicted molar refractivity (Wildman–Crippen MR) is 208 cm³/mol. The third-order valence-corrected chi connectivity index (χ3v) is 9.45. The Morgan fingerprint density at radius 2 is 1.00 bits per heavy atom. The predicted octanol–water partition coefficient (Wildman–Crippen LogP) is 13.7. The van der Waals surface area contributed by atoms with Crippen molar-refractivity contribution < 1.29 is 14.0 Å². The summed E-state index contributed by atoms with van der Waals surface area (Å²) in [5, 5.41) is 4.57. The zero-order valence-corrected chi connectivity index (χ0v) is 26.2. The Hall–Kier alpha value is -6.44. The van der Waals surface area contributed by atoms with Gasteiger partial charge in [0.1, 0.15) is 11.2 Å². The zero-order chi connectivity index (χ0) is 38.4. The normalized spacial score (nSPS) is 13.7. The standard InChI is InChI=1S/C48H30O/c1-3-13-31(14-4-1)33-19-11-20-37(27-33)46-38-21-9-10-22-39(38)47(40-26-25-36(28-42(40)46)32-15-5-2-6-16-32)41-23-12-24-44-48(41)43-29-34-17-7-8-18-35(34)30-45(43)49-44/h1-30H/i9D,10D,21D,22D,25D,26D,28D. The summed E-state index contributed by atoms with van der Waals surface area (Å²) in [5.41, 5.74) is 5.92. The van der Waals surface area contributed by atoms with Crippen LogP contribution in [0.1, 0.15) is 9.60 Å². The van der Waals surface area contributed by atoms with E-state index in [0.29, 0.717) is 49.8 Å². The Balaban J connectivity index is 1.47. The summed E-state index contributed by atoms with van der Waals surface area (Å²) in [5.74, 6) is 0. The van der Waals surface area contributed by atoms with Gasteiger partial charge in [-0.25, -0.2) is 0 Å². The van der Waals surface area contributed by atoms with E-state index in [9.17, 15) is 6.85 Å². The maximum absolute atomic E-state index is 10.0. The molecule has 1 heteroatoms. The Labute approximate surface area is 294 Å². The van der Waals surface area contributed by atoms with Crippen molar-refractivity contribution in [1.29, 1.82) is 0 Å². The summed E-state index contributed by atoms with van der Waals surface area (Å²) in [4.78, 5) is 0. The molecule has 10 rings (SSSR count). The van der Waals surface area contributed by atoms with Gasteiger partial charge < -0.3 is 4.42 Å². The molecule has 10 aromatic rings. The maximum atomic E-state index is 10.0. The van der Waals surface area contributed by atoms with E-state index in [2.05, 4.69) is 6.07 Å². The molecule has 1 aromatic heterocycles. The van der Waals surface area contributed by atoms with Crippen LogP contribution in [0.4, 0.5) is 0 Å². The van der Waals surface area contributed by atoms with Gasteiger partial charge >= 0.3 is 0 Å². The van der Waals surface area contributed by atoms with Crippen LogP contribution in [0.5, 0.6) is 0 Å². The molecule has 0 amide bonds. The van der Waals surface area contributed by atoms with Crippen molar-refractivity contribution >= 4 is 54.3 Å². The van der Waals surface area contributed by atoms with Crippen molar-refractivity contribution in [2.75, 3.05) is 0 Å². The van der Waals surface area contributed by atoms with E-state index < -0.39 is 12.1 Å². The van der Waals surface area contributed by atoms with Crippen LogP contribution in [0, 0.1) is 0 Å². The third-order valence-electron chi connectivity index (χ3n) is 9.45. The molecule has 0 aliphatic rings. The highest BCUT2D eigenvalue weighted by Crippen LogP contribution is 2.48. The van der Waals surface area contributed by atoms with Gasteiger partial charge in [-0.2, -0.15) is 0 Å². The van der Waals surface area contributed by atoms with E-state index in [-0.39, 0.29) is 51.9 Å². The fraction of sp³-hybridized carbons (Fsp3) is 0. The lowest BCUT2D eigenvalue weighted by Gasteiger charge is -2.19. The SMILES string of the molecule is [2H]c1c([2H])c([2H])c2c(-c3cccc4oc5cc6ccccc6cc5c34)c3c([2H])c([2H])c(-c4ccccc4)c([2H])c3c(-c3cccc(-c4ccccc4)c3)c2c1[2H]. The first-order chi connectivity index (χ1) is 27.2. The minimum Gasteiger partial charge on any atom is -0.456 e. The minimum absolute atomic E-state index is 0.00176. The third kappa shape index (κ3) is 4.47. The van der Waals surface area contributed by atoms with E-state index >= 15 is 0 Å². The van der Waals surface area contributed by atoms with Gasteiger partial charge in [0, 0.05) is 10.8 Å². The van der Waals surface area contributed by atoms with E-state index in [1.165, 1.54) is 0 Å². The van der Waals surface area contributed by atoms with Crippen LogP contribution in [0.2, 0.25) is 0 Å². The first-order valence-corrected chi connectivity index (χ1v) is 16.3. The number of furan rings is 1. The highest BCUT2D eigenvalue weighted by Gasteiger charge is 2.21. The van der Waals surface area contributed by atoms with Crippen molar-refractivity contribution in [2.24, 2.45) is 0 Å². The highest BCUT2D eigenvalue weighted by molar-refractivity contribution is 6.26. The van der Waals surface area contributed by atoms with Gasteiger partial charge in [-0.1, -0.05) is 152 Å². The molecule has 0 atom stereocenters. The summed E-state index contributed by atoms with van der Waals surface area (Å²) in [6.45, 7) is 0. The van der Waals surface area contributed by atoms with Gasteiger partial charge in [0.2, 0.25) is 0 Å². The second kappa shape index (κ2) is 11.1. The number of rotatable bonds is 4. The molecule has 0 aliphatic carbocycles. The van der Waals surface area contributed by atoms with Gasteiger partial charge in [0.15, 0.2) is 0 Å². The Bertz CT molecular complexity index is 3260.